The number of rotatable bonds is 2. The van der Waals surface area contributed by atoms with Gasteiger partial charge in [0.05, 0.1) is 12.5 Å². The van der Waals surface area contributed by atoms with Crippen LogP contribution in [0.25, 0.3) is 11.3 Å². The summed E-state index contributed by atoms with van der Waals surface area (Å²) in [5, 5.41) is 4.18. The second kappa shape index (κ2) is 3.42. The minimum atomic E-state index is 0.702. The zero-order chi connectivity index (χ0) is 11.0. The Kier molecular flexibility index (Phi) is 2.22. The van der Waals surface area contributed by atoms with E-state index in [1.165, 1.54) is 0 Å². The Morgan fingerprint density at radius 1 is 1.47 bits per heavy atom. The van der Waals surface area contributed by atoms with Gasteiger partial charge in [0.25, 0.3) is 0 Å². The van der Waals surface area contributed by atoms with Gasteiger partial charge in [-0.05, 0) is 13.8 Å². The molecule has 2 heterocycles. The van der Waals surface area contributed by atoms with Gasteiger partial charge in [-0.15, -0.1) is 0 Å². The van der Waals surface area contributed by atoms with Crippen molar-refractivity contribution in [2.45, 2.75) is 20.4 Å². The third-order valence-corrected chi connectivity index (χ3v) is 2.71. The van der Waals surface area contributed by atoms with Gasteiger partial charge in [0.1, 0.15) is 11.5 Å². The van der Waals surface area contributed by atoms with Gasteiger partial charge >= 0.3 is 0 Å². The number of aromatic nitrogens is 4. The summed E-state index contributed by atoms with van der Waals surface area (Å²) < 4.78 is 3.74. The Hall–Kier alpha value is -1.78. The van der Waals surface area contributed by atoms with Crippen LogP contribution in [0.15, 0.2) is 12.5 Å². The zero-order valence-electron chi connectivity index (χ0n) is 9.23. The van der Waals surface area contributed by atoms with Crippen LogP contribution in [-0.2, 0) is 13.6 Å². The van der Waals surface area contributed by atoms with Gasteiger partial charge in [-0.1, -0.05) is 0 Å². The van der Waals surface area contributed by atoms with Crippen molar-refractivity contribution < 1.29 is 0 Å². The van der Waals surface area contributed by atoms with Crippen LogP contribution in [0.4, 0.5) is 5.82 Å². The number of aryl methyl sites for hydroxylation is 2. The van der Waals surface area contributed by atoms with E-state index >= 15 is 0 Å². The van der Waals surface area contributed by atoms with Gasteiger partial charge in [0, 0.05) is 24.8 Å². The van der Waals surface area contributed by atoms with E-state index in [9.17, 15) is 0 Å². The van der Waals surface area contributed by atoms with E-state index in [1.54, 1.807) is 12.5 Å². The van der Waals surface area contributed by atoms with E-state index < -0.39 is 0 Å². The Balaban J connectivity index is 2.54. The molecule has 0 aliphatic rings. The molecule has 0 spiro atoms. The molecule has 0 atom stereocenters. The number of hydrogen-bond donors (Lipinski definition) is 1. The standard InChI is InChI=1S/C10H15N5/c1-4-15-6-12-9(10(15)11)8-5-13-14(3)7(8)2/h5-6H,4,11H2,1-3H3. The summed E-state index contributed by atoms with van der Waals surface area (Å²) in [7, 11) is 1.91. The van der Waals surface area contributed by atoms with E-state index in [4.69, 9.17) is 5.73 Å². The first kappa shape index (κ1) is 9.76. The zero-order valence-corrected chi connectivity index (χ0v) is 9.23. The van der Waals surface area contributed by atoms with E-state index in [0.29, 0.717) is 5.82 Å². The van der Waals surface area contributed by atoms with E-state index in [1.807, 2.05) is 30.1 Å². The number of hydrogen-bond acceptors (Lipinski definition) is 3. The second-order valence-corrected chi connectivity index (χ2v) is 3.53. The summed E-state index contributed by atoms with van der Waals surface area (Å²) in [5.74, 6) is 0.702. The highest BCUT2D eigenvalue weighted by Crippen LogP contribution is 2.26. The van der Waals surface area contributed by atoms with Gasteiger partial charge in [0.15, 0.2) is 0 Å². The first-order chi connectivity index (χ1) is 7.15. The topological polar surface area (TPSA) is 61.7 Å². The minimum Gasteiger partial charge on any atom is -0.383 e. The molecule has 0 fully saturated rings. The molecular formula is C10H15N5. The average molecular weight is 205 g/mol. The molecule has 0 aromatic carbocycles. The van der Waals surface area contributed by atoms with Crippen molar-refractivity contribution in [3.05, 3.63) is 18.2 Å². The molecule has 0 bridgehead atoms. The maximum atomic E-state index is 5.99. The molecule has 0 unspecified atom stereocenters. The maximum absolute atomic E-state index is 5.99. The molecule has 80 valence electrons. The van der Waals surface area contributed by atoms with E-state index in [0.717, 1.165) is 23.5 Å². The second-order valence-electron chi connectivity index (χ2n) is 3.53. The molecule has 2 aromatic heterocycles. The fraction of sp³-hybridized carbons (Fsp3) is 0.400. The lowest BCUT2D eigenvalue weighted by atomic mass is 10.2. The molecule has 2 rings (SSSR count). The largest absolute Gasteiger partial charge is 0.383 e. The van der Waals surface area contributed by atoms with Crippen LogP contribution in [0.1, 0.15) is 12.6 Å². The summed E-state index contributed by atoms with van der Waals surface area (Å²) in [6.45, 7) is 4.88. The first-order valence-electron chi connectivity index (χ1n) is 4.94. The fourth-order valence-electron chi connectivity index (χ4n) is 1.58. The lowest BCUT2D eigenvalue weighted by Crippen LogP contribution is -2.00. The summed E-state index contributed by atoms with van der Waals surface area (Å²) in [5.41, 5.74) is 8.88. The number of imidazole rings is 1. The molecule has 5 nitrogen and oxygen atoms in total. The maximum Gasteiger partial charge on any atom is 0.131 e. The number of anilines is 1. The summed E-state index contributed by atoms with van der Waals surface area (Å²) >= 11 is 0. The van der Waals surface area contributed by atoms with E-state index in [-0.39, 0.29) is 0 Å². The molecule has 0 radical (unpaired) electrons. The van der Waals surface area contributed by atoms with Crippen molar-refractivity contribution in [3.8, 4) is 11.3 Å². The summed E-state index contributed by atoms with van der Waals surface area (Å²) in [6, 6.07) is 0. The smallest absolute Gasteiger partial charge is 0.131 e. The van der Waals surface area contributed by atoms with Gasteiger partial charge in [0.2, 0.25) is 0 Å². The highest BCUT2D eigenvalue weighted by atomic mass is 15.3. The monoisotopic (exact) mass is 205 g/mol. The lowest BCUT2D eigenvalue weighted by molar-refractivity contribution is 0.740. The molecular weight excluding hydrogens is 190 g/mol. The Morgan fingerprint density at radius 2 is 2.20 bits per heavy atom. The highest BCUT2D eigenvalue weighted by molar-refractivity contribution is 5.71. The van der Waals surface area contributed by atoms with Gasteiger partial charge in [-0.2, -0.15) is 5.10 Å². The normalized spacial score (nSPS) is 10.9. The molecule has 0 saturated carbocycles. The quantitative estimate of drug-likeness (QED) is 0.801. The highest BCUT2D eigenvalue weighted by Gasteiger charge is 2.13. The van der Waals surface area contributed by atoms with Gasteiger partial charge < -0.3 is 10.3 Å². The van der Waals surface area contributed by atoms with Crippen LogP contribution in [0.3, 0.4) is 0 Å². The van der Waals surface area contributed by atoms with Crippen molar-refractivity contribution in [2.75, 3.05) is 5.73 Å². The summed E-state index contributed by atoms with van der Waals surface area (Å²) in [4.78, 5) is 4.32. The Bertz CT molecular complexity index is 480. The molecule has 2 aromatic rings. The number of nitrogen functional groups attached to an aromatic ring is 1. The van der Waals surface area contributed by atoms with Crippen molar-refractivity contribution in [2.24, 2.45) is 7.05 Å². The molecule has 0 aliphatic carbocycles. The minimum absolute atomic E-state index is 0.702. The van der Waals surface area contributed by atoms with E-state index in [2.05, 4.69) is 10.1 Å². The van der Waals surface area contributed by atoms with Crippen LogP contribution in [0.2, 0.25) is 0 Å². The predicted octanol–water partition coefficient (Wildman–Crippen LogP) is 1.19. The first-order valence-corrected chi connectivity index (χ1v) is 4.94. The molecule has 5 heteroatoms. The van der Waals surface area contributed by atoms with Crippen molar-refractivity contribution >= 4 is 5.82 Å². The van der Waals surface area contributed by atoms with Crippen LogP contribution in [0, 0.1) is 6.92 Å². The third kappa shape index (κ3) is 1.40. The number of nitrogens with zero attached hydrogens (tertiary/aromatic N) is 4. The van der Waals surface area contributed by atoms with Crippen LogP contribution < -0.4 is 5.73 Å². The molecule has 0 aliphatic heterocycles. The Labute approximate surface area is 88.5 Å². The molecule has 15 heavy (non-hydrogen) atoms. The van der Waals surface area contributed by atoms with Crippen LogP contribution >= 0.6 is 0 Å². The Morgan fingerprint density at radius 3 is 2.67 bits per heavy atom. The van der Waals surface area contributed by atoms with Crippen molar-refractivity contribution in [3.63, 3.8) is 0 Å². The predicted molar refractivity (Wildman–Crippen MR) is 59.3 cm³/mol. The van der Waals surface area contributed by atoms with Crippen LogP contribution in [0.5, 0.6) is 0 Å². The average Bonchev–Trinajstić information content (AvgIpc) is 2.73. The fourth-order valence-corrected chi connectivity index (χ4v) is 1.58. The van der Waals surface area contributed by atoms with Crippen LogP contribution in [-0.4, -0.2) is 19.3 Å². The summed E-state index contributed by atoms with van der Waals surface area (Å²) in [6.07, 6.45) is 3.56. The molecule has 0 amide bonds. The SMILES string of the molecule is CCn1cnc(-c2cnn(C)c2C)c1N. The number of nitrogens with two attached hydrogens (primary N) is 1. The van der Waals surface area contributed by atoms with Gasteiger partial charge in [-0.25, -0.2) is 4.98 Å². The lowest BCUT2D eigenvalue weighted by Gasteiger charge is -2.01. The van der Waals surface area contributed by atoms with Crippen molar-refractivity contribution in [1.82, 2.24) is 19.3 Å². The van der Waals surface area contributed by atoms with Crippen molar-refractivity contribution in [1.29, 1.82) is 0 Å². The molecule has 2 N–H and O–H groups in total. The van der Waals surface area contributed by atoms with Gasteiger partial charge in [-0.3, -0.25) is 4.68 Å². The third-order valence-electron chi connectivity index (χ3n) is 2.71. The molecule has 0 saturated heterocycles.